The molecule has 1 aromatic heterocycles. The van der Waals surface area contributed by atoms with Crippen molar-refractivity contribution in [2.75, 3.05) is 13.9 Å². The van der Waals surface area contributed by atoms with Gasteiger partial charge in [0.2, 0.25) is 6.79 Å². The van der Waals surface area contributed by atoms with E-state index in [9.17, 15) is 4.79 Å². The number of esters is 1. The van der Waals surface area contributed by atoms with Crippen LogP contribution < -0.4 is 9.47 Å². The van der Waals surface area contributed by atoms with Gasteiger partial charge in [-0.3, -0.25) is 0 Å². The van der Waals surface area contributed by atoms with Crippen molar-refractivity contribution in [3.63, 3.8) is 0 Å². The number of halogens is 1. The first kappa shape index (κ1) is 13.7. The van der Waals surface area contributed by atoms with Crippen LogP contribution in [0.15, 0.2) is 35.7 Å². The first-order valence-electron chi connectivity index (χ1n) is 5.37. The van der Waals surface area contributed by atoms with Crippen LogP contribution in [0, 0.1) is 0 Å². The van der Waals surface area contributed by atoms with Gasteiger partial charge in [-0.15, -0.1) is 11.3 Å². The minimum absolute atomic E-state index is 0.00234. The van der Waals surface area contributed by atoms with Crippen LogP contribution in [0.3, 0.4) is 0 Å². The highest BCUT2D eigenvalue weighted by Crippen LogP contribution is 2.25. The second kappa shape index (κ2) is 6.45. The molecule has 0 saturated heterocycles. The summed E-state index contributed by atoms with van der Waals surface area (Å²) in [4.78, 5) is 11.8. The van der Waals surface area contributed by atoms with E-state index >= 15 is 0 Å². The standard InChI is InChI=1S/C13H11ClO4S/c1-16-13(15)12-11(6-7-19-12)18-8-17-10-4-2-9(14)3-5-10/h2-7H,8H2,1H3. The van der Waals surface area contributed by atoms with Crippen LogP contribution in [0.2, 0.25) is 5.02 Å². The zero-order valence-electron chi connectivity index (χ0n) is 10.1. The van der Waals surface area contributed by atoms with E-state index in [2.05, 4.69) is 4.74 Å². The van der Waals surface area contributed by atoms with E-state index in [1.165, 1.54) is 18.4 Å². The number of rotatable bonds is 5. The number of methoxy groups -OCH3 is 1. The zero-order valence-corrected chi connectivity index (χ0v) is 11.7. The molecule has 1 heterocycles. The molecule has 1 aromatic carbocycles. The largest absolute Gasteiger partial charge is 0.465 e. The number of hydrogen-bond acceptors (Lipinski definition) is 5. The molecule has 6 heteroatoms. The van der Waals surface area contributed by atoms with Crippen molar-refractivity contribution in [2.24, 2.45) is 0 Å². The third kappa shape index (κ3) is 3.62. The van der Waals surface area contributed by atoms with Gasteiger partial charge in [-0.25, -0.2) is 4.79 Å². The van der Waals surface area contributed by atoms with Crippen molar-refractivity contribution in [3.8, 4) is 11.5 Å². The number of hydrogen-bond donors (Lipinski definition) is 0. The van der Waals surface area contributed by atoms with Gasteiger partial charge in [0, 0.05) is 5.02 Å². The summed E-state index contributed by atoms with van der Waals surface area (Å²) in [5, 5.41) is 2.39. The summed E-state index contributed by atoms with van der Waals surface area (Å²) in [6.45, 7) is 0.00234. The van der Waals surface area contributed by atoms with Gasteiger partial charge in [0.15, 0.2) is 4.88 Å². The van der Waals surface area contributed by atoms with Crippen LogP contribution >= 0.6 is 22.9 Å². The maximum atomic E-state index is 11.4. The first-order valence-corrected chi connectivity index (χ1v) is 6.63. The Morgan fingerprint density at radius 1 is 1.21 bits per heavy atom. The molecule has 0 aliphatic heterocycles. The molecule has 0 N–H and O–H groups in total. The third-order valence-corrected chi connectivity index (χ3v) is 3.38. The maximum Gasteiger partial charge on any atom is 0.351 e. The number of carbonyl (C=O) groups excluding carboxylic acids is 1. The molecule has 2 rings (SSSR count). The molecule has 0 atom stereocenters. The molecule has 0 aliphatic carbocycles. The Labute approximate surface area is 119 Å². The molecule has 100 valence electrons. The molecular formula is C13H11ClO4S. The lowest BCUT2D eigenvalue weighted by Gasteiger charge is -2.08. The topological polar surface area (TPSA) is 44.8 Å². The number of carbonyl (C=O) groups is 1. The van der Waals surface area contributed by atoms with Crippen LogP contribution in [0.25, 0.3) is 0 Å². The number of benzene rings is 1. The van der Waals surface area contributed by atoms with Gasteiger partial charge in [0.05, 0.1) is 7.11 Å². The highest BCUT2D eigenvalue weighted by atomic mass is 35.5. The average molecular weight is 299 g/mol. The minimum atomic E-state index is -0.420. The molecule has 0 spiro atoms. The van der Waals surface area contributed by atoms with Crippen molar-refractivity contribution in [2.45, 2.75) is 0 Å². The molecule has 0 radical (unpaired) electrons. The lowest BCUT2D eigenvalue weighted by Crippen LogP contribution is -2.08. The Bertz CT molecular complexity index is 550. The van der Waals surface area contributed by atoms with Crippen molar-refractivity contribution in [1.82, 2.24) is 0 Å². The fourth-order valence-corrected chi connectivity index (χ4v) is 2.22. The second-order valence-electron chi connectivity index (χ2n) is 3.47. The molecule has 0 fully saturated rings. The van der Waals surface area contributed by atoms with Gasteiger partial charge in [-0.2, -0.15) is 0 Å². The SMILES string of the molecule is COC(=O)c1sccc1OCOc1ccc(Cl)cc1. The maximum absolute atomic E-state index is 11.4. The lowest BCUT2D eigenvalue weighted by atomic mass is 10.3. The highest BCUT2D eigenvalue weighted by Gasteiger charge is 2.14. The van der Waals surface area contributed by atoms with E-state index in [-0.39, 0.29) is 6.79 Å². The smallest absolute Gasteiger partial charge is 0.351 e. The fraction of sp³-hybridized carbons (Fsp3) is 0.154. The Morgan fingerprint density at radius 3 is 2.63 bits per heavy atom. The predicted octanol–water partition coefficient (Wildman–Crippen LogP) is 3.60. The molecule has 0 saturated carbocycles. The average Bonchev–Trinajstić information content (AvgIpc) is 2.88. The molecule has 0 amide bonds. The van der Waals surface area contributed by atoms with Crippen LogP contribution in [0.1, 0.15) is 9.67 Å². The Kier molecular flexibility index (Phi) is 4.65. The van der Waals surface area contributed by atoms with Gasteiger partial charge >= 0.3 is 5.97 Å². The van der Waals surface area contributed by atoms with E-state index in [4.69, 9.17) is 21.1 Å². The van der Waals surface area contributed by atoms with Gasteiger partial charge in [0.1, 0.15) is 11.5 Å². The lowest BCUT2D eigenvalue weighted by molar-refractivity contribution is 0.0594. The summed E-state index contributed by atoms with van der Waals surface area (Å²) < 4.78 is 15.4. The molecule has 4 nitrogen and oxygen atoms in total. The molecule has 0 unspecified atom stereocenters. The van der Waals surface area contributed by atoms with E-state index in [1.807, 2.05) is 0 Å². The normalized spacial score (nSPS) is 10.0. The molecule has 2 aromatic rings. The van der Waals surface area contributed by atoms with E-state index < -0.39 is 5.97 Å². The quantitative estimate of drug-likeness (QED) is 0.625. The van der Waals surface area contributed by atoms with E-state index in [0.29, 0.717) is 21.4 Å². The van der Waals surface area contributed by atoms with E-state index in [1.54, 1.807) is 35.7 Å². The zero-order chi connectivity index (χ0) is 13.7. The third-order valence-electron chi connectivity index (χ3n) is 2.25. The van der Waals surface area contributed by atoms with Crippen LogP contribution in [0.4, 0.5) is 0 Å². The van der Waals surface area contributed by atoms with Gasteiger partial charge in [-0.1, -0.05) is 11.6 Å². The minimum Gasteiger partial charge on any atom is -0.465 e. The predicted molar refractivity (Wildman–Crippen MR) is 73.2 cm³/mol. The van der Waals surface area contributed by atoms with Crippen LogP contribution in [-0.2, 0) is 4.74 Å². The van der Waals surface area contributed by atoms with Gasteiger partial charge < -0.3 is 14.2 Å². The molecule has 0 aliphatic rings. The summed E-state index contributed by atoms with van der Waals surface area (Å²) in [5.74, 6) is 0.668. The first-order chi connectivity index (χ1) is 9.20. The summed E-state index contributed by atoms with van der Waals surface area (Å²) in [7, 11) is 1.33. The van der Waals surface area contributed by atoms with Crippen LogP contribution in [-0.4, -0.2) is 19.9 Å². The van der Waals surface area contributed by atoms with Crippen molar-refractivity contribution in [1.29, 1.82) is 0 Å². The van der Waals surface area contributed by atoms with E-state index in [0.717, 1.165) is 0 Å². The molecule has 19 heavy (non-hydrogen) atoms. The Morgan fingerprint density at radius 2 is 1.95 bits per heavy atom. The van der Waals surface area contributed by atoms with Gasteiger partial charge in [-0.05, 0) is 35.7 Å². The summed E-state index contributed by atoms with van der Waals surface area (Å²) in [6, 6.07) is 8.62. The number of ether oxygens (including phenoxy) is 3. The summed E-state index contributed by atoms with van der Waals surface area (Å²) in [5.41, 5.74) is 0. The molecule has 0 bridgehead atoms. The van der Waals surface area contributed by atoms with Crippen LogP contribution in [0.5, 0.6) is 11.5 Å². The second-order valence-corrected chi connectivity index (χ2v) is 4.82. The fourth-order valence-electron chi connectivity index (χ4n) is 1.34. The summed E-state index contributed by atoms with van der Waals surface area (Å²) >= 11 is 7.02. The highest BCUT2D eigenvalue weighted by molar-refractivity contribution is 7.12. The molecular weight excluding hydrogens is 288 g/mol. The van der Waals surface area contributed by atoms with Crippen molar-refractivity contribution >= 4 is 28.9 Å². The van der Waals surface area contributed by atoms with Crippen molar-refractivity contribution < 1.29 is 19.0 Å². The summed E-state index contributed by atoms with van der Waals surface area (Å²) in [6.07, 6.45) is 0. The Balaban J connectivity index is 1.91. The number of thiophene rings is 1. The van der Waals surface area contributed by atoms with Crippen molar-refractivity contribution in [3.05, 3.63) is 45.6 Å². The monoisotopic (exact) mass is 298 g/mol. The van der Waals surface area contributed by atoms with Gasteiger partial charge in [0.25, 0.3) is 0 Å². The Hall–Kier alpha value is -1.72.